The van der Waals surface area contributed by atoms with Crippen LogP contribution in [0.25, 0.3) is 22.4 Å². The van der Waals surface area contributed by atoms with Gasteiger partial charge in [0.2, 0.25) is 5.95 Å². The second kappa shape index (κ2) is 4.19. The number of alkyl halides is 3. The Kier molecular flexibility index (Phi) is 2.60. The van der Waals surface area contributed by atoms with Crippen molar-refractivity contribution in [2.75, 3.05) is 5.73 Å². The molecule has 5 nitrogen and oxygen atoms in total. The van der Waals surface area contributed by atoms with Crippen molar-refractivity contribution in [1.82, 2.24) is 19.9 Å². The summed E-state index contributed by atoms with van der Waals surface area (Å²) in [5.74, 6) is -0.0444. The van der Waals surface area contributed by atoms with Gasteiger partial charge in [-0.3, -0.25) is 0 Å². The minimum atomic E-state index is -4.41. The molecule has 0 bridgehead atoms. The molecule has 3 aromatic rings. The lowest BCUT2D eigenvalue weighted by atomic mass is 10.1. The highest BCUT2D eigenvalue weighted by Gasteiger charge is 2.30. The lowest BCUT2D eigenvalue weighted by Gasteiger charge is -2.09. The Hall–Kier alpha value is -2.64. The number of H-pyrrole nitrogens is 1. The summed E-state index contributed by atoms with van der Waals surface area (Å²) in [6.07, 6.45) is -3.03. The number of aromatic amines is 1. The number of hydrogen-bond acceptors (Lipinski definition) is 4. The van der Waals surface area contributed by atoms with Gasteiger partial charge in [0, 0.05) is 5.56 Å². The normalized spacial score (nSPS) is 11.9. The summed E-state index contributed by atoms with van der Waals surface area (Å²) in [4.78, 5) is 14.6. The molecule has 0 atom stereocenters. The van der Waals surface area contributed by atoms with Crippen LogP contribution in [-0.2, 0) is 6.18 Å². The van der Waals surface area contributed by atoms with E-state index >= 15 is 0 Å². The Morgan fingerprint density at radius 2 is 1.95 bits per heavy atom. The van der Waals surface area contributed by atoms with Gasteiger partial charge in [0.05, 0.1) is 11.9 Å². The van der Waals surface area contributed by atoms with E-state index in [0.717, 1.165) is 12.1 Å². The molecule has 20 heavy (non-hydrogen) atoms. The van der Waals surface area contributed by atoms with Gasteiger partial charge in [-0.2, -0.15) is 18.2 Å². The maximum Gasteiger partial charge on any atom is 0.416 e. The summed E-state index contributed by atoms with van der Waals surface area (Å²) < 4.78 is 38.2. The van der Waals surface area contributed by atoms with E-state index in [1.807, 2.05) is 0 Å². The zero-order valence-corrected chi connectivity index (χ0v) is 9.94. The predicted molar refractivity (Wildman–Crippen MR) is 66.5 cm³/mol. The highest BCUT2D eigenvalue weighted by atomic mass is 19.4. The van der Waals surface area contributed by atoms with Crippen molar-refractivity contribution in [1.29, 1.82) is 0 Å². The topological polar surface area (TPSA) is 80.5 Å². The fraction of sp³-hybridized carbons (Fsp3) is 0.0833. The van der Waals surface area contributed by atoms with Crippen LogP contribution in [0.15, 0.2) is 30.6 Å². The molecule has 0 fully saturated rings. The molecule has 0 radical (unpaired) electrons. The monoisotopic (exact) mass is 279 g/mol. The van der Waals surface area contributed by atoms with E-state index in [4.69, 9.17) is 5.73 Å². The van der Waals surface area contributed by atoms with E-state index in [0.29, 0.717) is 16.7 Å². The van der Waals surface area contributed by atoms with E-state index in [1.165, 1.54) is 18.5 Å². The quantitative estimate of drug-likeness (QED) is 0.717. The molecule has 0 aliphatic carbocycles. The maximum absolute atomic E-state index is 12.7. The fourth-order valence-electron chi connectivity index (χ4n) is 1.90. The highest BCUT2D eigenvalue weighted by molar-refractivity contribution is 5.87. The van der Waals surface area contributed by atoms with Gasteiger partial charge in [0.15, 0.2) is 5.65 Å². The van der Waals surface area contributed by atoms with Crippen LogP contribution in [0.4, 0.5) is 19.1 Å². The van der Waals surface area contributed by atoms with Gasteiger partial charge >= 0.3 is 6.18 Å². The van der Waals surface area contributed by atoms with Crippen molar-refractivity contribution in [3.63, 3.8) is 0 Å². The van der Waals surface area contributed by atoms with E-state index in [1.54, 1.807) is 0 Å². The van der Waals surface area contributed by atoms with E-state index in [9.17, 15) is 13.2 Å². The van der Waals surface area contributed by atoms with Crippen LogP contribution >= 0.6 is 0 Å². The number of imidazole rings is 1. The Morgan fingerprint density at radius 1 is 1.15 bits per heavy atom. The van der Waals surface area contributed by atoms with Crippen LogP contribution in [-0.4, -0.2) is 19.9 Å². The molecule has 1 aromatic carbocycles. The first-order valence-electron chi connectivity index (χ1n) is 5.59. The molecule has 8 heteroatoms. The van der Waals surface area contributed by atoms with Gasteiger partial charge < -0.3 is 10.7 Å². The lowest BCUT2D eigenvalue weighted by molar-refractivity contribution is -0.137. The van der Waals surface area contributed by atoms with Crippen molar-refractivity contribution in [2.24, 2.45) is 0 Å². The van der Waals surface area contributed by atoms with Crippen LogP contribution in [0.3, 0.4) is 0 Å². The summed E-state index contributed by atoms with van der Waals surface area (Å²) in [7, 11) is 0. The summed E-state index contributed by atoms with van der Waals surface area (Å²) in [5.41, 5.74) is 6.13. The van der Waals surface area contributed by atoms with E-state index in [-0.39, 0.29) is 11.6 Å². The molecule has 0 aliphatic rings. The number of anilines is 1. The number of nitrogen functional groups attached to an aromatic ring is 1. The molecular weight excluding hydrogens is 271 g/mol. The number of nitrogens with one attached hydrogen (secondary N) is 1. The number of nitrogens with zero attached hydrogens (tertiary/aromatic N) is 3. The smallest absolute Gasteiger partial charge is 0.368 e. The first-order chi connectivity index (χ1) is 9.45. The molecule has 0 amide bonds. The van der Waals surface area contributed by atoms with Crippen molar-refractivity contribution < 1.29 is 13.2 Å². The first kappa shape index (κ1) is 12.4. The molecule has 102 valence electrons. The van der Waals surface area contributed by atoms with E-state index < -0.39 is 11.7 Å². The van der Waals surface area contributed by atoms with Gasteiger partial charge in [-0.1, -0.05) is 12.1 Å². The van der Waals surface area contributed by atoms with Gasteiger partial charge in [0.1, 0.15) is 11.2 Å². The molecular formula is C12H8F3N5. The van der Waals surface area contributed by atoms with Gasteiger partial charge in [0.25, 0.3) is 0 Å². The third kappa shape index (κ3) is 2.04. The Morgan fingerprint density at radius 3 is 2.70 bits per heavy atom. The first-order valence-corrected chi connectivity index (χ1v) is 5.59. The molecule has 3 N–H and O–H groups in total. The number of nitrogens with two attached hydrogens (primary N) is 1. The number of aromatic nitrogens is 4. The Balaban J connectivity index is 2.23. The zero-order valence-electron chi connectivity index (χ0n) is 9.94. The third-order valence-corrected chi connectivity index (χ3v) is 2.77. The van der Waals surface area contributed by atoms with Crippen LogP contribution in [0, 0.1) is 0 Å². The SMILES string of the molecule is Nc1nc(-c2cccc(C(F)(F)F)c2)c2[nH]cnc2n1. The number of hydrogen-bond donors (Lipinski definition) is 2. The van der Waals surface area contributed by atoms with Crippen LogP contribution in [0.1, 0.15) is 5.56 Å². The summed E-state index contributed by atoms with van der Waals surface area (Å²) in [6, 6.07) is 4.86. The van der Waals surface area contributed by atoms with Crippen LogP contribution < -0.4 is 5.73 Å². The number of rotatable bonds is 1. The van der Waals surface area contributed by atoms with Crippen molar-refractivity contribution in [2.45, 2.75) is 6.18 Å². The molecule has 2 heterocycles. The van der Waals surface area contributed by atoms with Crippen molar-refractivity contribution in [3.8, 4) is 11.3 Å². The summed E-state index contributed by atoms with van der Waals surface area (Å²) in [5, 5.41) is 0. The van der Waals surface area contributed by atoms with Gasteiger partial charge in [-0.05, 0) is 12.1 Å². The van der Waals surface area contributed by atoms with Crippen molar-refractivity contribution >= 4 is 17.1 Å². The Labute approximate surface area is 110 Å². The summed E-state index contributed by atoms with van der Waals surface area (Å²) >= 11 is 0. The molecule has 0 saturated carbocycles. The average molecular weight is 279 g/mol. The number of fused-ring (bicyclic) bond motifs is 1. The third-order valence-electron chi connectivity index (χ3n) is 2.77. The summed E-state index contributed by atoms with van der Waals surface area (Å²) in [6.45, 7) is 0. The highest BCUT2D eigenvalue weighted by Crippen LogP contribution is 2.33. The van der Waals surface area contributed by atoms with Crippen LogP contribution in [0.5, 0.6) is 0 Å². The average Bonchev–Trinajstić information content (AvgIpc) is 2.85. The van der Waals surface area contributed by atoms with Gasteiger partial charge in [-0.15, -0.1) is 0 Å². The molecule has 2 aromatic heterocycles. The van der Waals surface area contributed by atoms with Gasteiger partial charge in [-0.25, -0.2) is 9.97 Å². The number of benzene rings is 1. The minimum absolute atomic E-state index is 0.0444. The maximum atomic E-state index is 12.7. The zero-order chi connectivity index (χ0) is 14.3. The lowest BCUT2D eigenvalue weighted by Crippen LogP contribution is -2.05. The minimum Gasteiger partial charge on any atom is -0.368 e. The molecule has 0 aliphatic heterocycles. The van der Waals surface area contributed by atoms with E-state index in [2.05, 4.69) is 19.9 Å². The number of halogens is 3. The Bertz CT molecular complexity index is 778. The largest absolute Gasteiger partial charge is 0.416 e. The fourth-order valence-corrected chi connectivity index (χ4v) is 1.90. The van der Waals surface area contributed by atoms with Crippen LogP contribution in [0.2, 0.25) is 0 Å². The standard InChI is InChI=1S/C12H8F3N5/c13-12(14,15)7-3-1-2-6(4-7)8-9-10(18-5-17-9)20-11(16)19-8/h1-5H,(H3,16,17,18,19,20). The molecule has 0 saturated heterocycles. The van der Waals surface area contributed by atoms with Crippen molar-refractivity contribution in [3.05, 3.63) is 36.2 Å². The second-order valence-electron chi connectivity index (χ2n) is 4.11. The molecule has 3 rings (SSSR count). The predicted octanol–water partition coefficient (Wildman–Crippen LogP) is 2.62. The second-order valence-corrected chi connectivity index (χ2v) is 4.11. The molecule has 0 unspecified atom stereocenters. The molecule has 0 spiro atoms.